The third-order valence-electron chi connectivity index (χ3n) is 5.30. The van der Waals surface area contributed by atoms with Gasteiger partial charge in [0.05, 0.1) is 17.5 Å². The van der Waals surface area contributed by atoms with E-state index in [1.54, 1.807) is 34.9 Å². The van der Waals surface area contributed by atoms with E-state index in [0.717, 1.165) is 17.1 Å². The Kier molecular flexibility index (Phi) is 6.31. The zero-order chi connectivity index (χ0) is 22.0. The summed E-state index contributed by atoms with van der Waals surface area (Å²) in [6, 6.07) is 10.1. The van der Waals surface area contributed by atoms with Crippen LogP contribution in [0.1, 0.15) is 30.9 Å². The molecule has 2 aliphatic rings. The van der Waals surface area contributed by atoms with Gasteiger partial charge < -0.3 is 10.2 Å². The number of amides is 2. The summed E-state index contributed by atoms with van der Waals surface area (Å²) in [6.45, 7) is 0.193. The number of carbonyl (C=O) groups excluding carboxylic acids is 2. The number of carbonyl (C=O) groups is 2. The molecule has 1 saturated heterocycles. The van der Waals surface area contributed by atoms with Crippen LogP contribution in [-0.2, 0) is 19.6 Å². The van der Waals surface area contributed by atoms with Crippen molar-refractivity contribution in [1.82, 2.24) is 10.0 Å². The van der Waals surface area contributed by atoms with Crippen molar-refractivity contribution in [2.75, 3.05) is 23.7 Å². The lowest BCUT2D eigenvalue weighted by Gasteiger charge is -2.26. The van der Waals surface area contributed by atoms with Crippen LogP contribution in [0, 0.1) is 5.82 Å². The number of fused-ring (bicyclic) bond motifs is 1. The van der Waals surface area contributed by atoms with Gasteiger partial charge in [-0.2, -0.15) is 0 Å². The van der Waals surface area contributed by atoms with Crippen LogP contribution in [0.25, 0.3) is 0 Å². The molecule has 0 aromatic heterocycles. The Balaban J connectivity index is 1.37. The van der Waals surface area contributed by atoms with E-state index in [-0.39, 0.29) is 22.7 Å². The molecule has 10 heteroatoms. The molecule has 0 bridgehead atoms. The van der Waals surface area contributed by atoms with E-state index in [4.69, 9.17) is 0 Å². The molecule has 2 aromatic carbocycles. The van der Waals surface area contributed by atoms with Gasteiger partial charge in [-0.3, -0.25) is 9.59 Å². The summed E-state index contributed by atoms with van der Waals surface area (Å²) in [4.78, 5) is 26.7. The Morgan fingerprint density at radius 1 is 1.19 bits per heavy atom. The number of nitrogens with zero attached hydrogens (tertiary/aromatic N) is 1. The van der Waals surface area contributed by atoms with E-state index < -0.39 is 22.5 Å². The van der Waals surface area contributed by atoms with Crippen LogP contribution in [0.15, 0.2) is 52.3 Å². The second-order valence-electron chi connectivity index (χ2n) is 7.41. The number of sulfonamides is 1. The summed E-state index contributed by atoms with van der Waals surface area (Å²) < 4.78 is 41.0. The van der Waals surface area contributed by atoms with Crippen molar-refractivity contribution in [2.24, 2.45) is 0 Å². The van der Waals surface area contributed by atoms with Crippen molar-refractivity contribution >= 4 is 39.3 Å². The van der Waals surface area contributed by atoms with Gasteiger partial charge in [0.15, 0.2) is 0 Å². The third kappa shape index (κ3) is 4.91. The van der Waals surface area contributed by atoms with E-state index in [1.165, 1.54) is 24.3 Å². The molecule has 31 heavy (non-hydrogen) atoms. The minimum Gasteiger partial charge on any atom is -0.348 e. The van der Waals surface area contributed by atoms with Gasteiger partial charge in [0.1, 0.15) is 5.82 Å². The summed E-state index contributed by atoms with van der Waals surface area (Å²) in [5, 5.41) is 2.79. The Morgan fingerprint density at radius 3 is 2.68 bits per heavy atom. The van der Waals surface area contributed by atoms with Gasteiger partial charge in [-0.1, -0.05) is 0 Å². The lowest BCUT2D eigenvalue weighted by Crippen LogP contribution is -2.39. The molecular weight excluding hydrogens is 441 g/mol. The lowest BCUT2D eigenvalue weighted by molar-refractivity contribution is -0.120. The first-order valence-corrected chi connectivity index (χ1v) is 12.4. The lowest BCUT2D eigenvalue weighted by atomic mass is 10.0. The minimum absolute atomic E-state index is 0.0113. The smallest absolute Gasteiger partial charge is 0.241 e. The van der Waals surface area contributed by atoms with Crippen LogP contribution < -0.4 is 14.9 Å². The fraction of sp³-hybridized carbons (Fsp3) is 0.333. The first-order valence-electron chi connectivity index (χ1n) is 9.95. The predicted molar refractivity (Wildman–Crippen MR) is 116 cm³/mol. The fourth-order valence-electron chi connectivity index (χ4n) is 3.73. The molecule has 2 N–H and O–H groups in total. The number of hydrogen-bond donors (Lipinski definition) is 2. The van der Waals surface area contributed by atoms with Gasteiger partial charge in [-0.15, -0.1) is 11.8 Å². The molecule has 2 heterocycles. The number of benzene rings is 2. The summed E-state index contributed by atoms with van der Waals surface area (Å²) in [5.41, 5.74) is 1.36. The normalized spacial score (nSPS) is 18.7. The van der Waals surface area contributed by atoms with E-state index in [0.29, 0.717) is 30.6 Å². The number of anilines is 1. The number of thioether (sulfide) groups is 1. The Bertz CT molecular complexity index is 1110. The van der Waals surface area contributed by atoms with E-state index in [9.17, 15) is 22.4 Å². The van der Waals surface area contributed by atoms with Crippen LogP contribution in [-0.4, -0.2) is 39.1 Å². The molecule has 1 fully saturated rings. The van der Waals surface area contributed by atoms with Crippen molar-refractivity contribution in [1.29, 1.82) is 0 Å². The molecule has 2 aliphatic heterocycles. The predicted octanol–water partition coefficient (Wildman–Crippen LogP) is 2.58. The first-order chi connectivity index (χ1) is 14.8. The third-order valence-corrected chi connectivity index (χ3v) is 7.84. The van der Waals surface area contributed by atoms with Crippen molar-refractivity contribution < 1.29 is 22.4 Å². The zero-order valence-corrected chi connectivity index (χ0v) is 18.3. The van der Waals surface area contributed by atoms with Gasteiger partial charge in [-0.25, -0.2) is 17.5 Å². The first kappa shape index (κ1) is 21.8. The molecule has 2 amide bonds. The van der Waals surface area contributed by atoms with Gasteiger partial charge in [0.25, 0.3) is 0 Å². The molecule has 0 radical (unpaired) electrons. The van der Waals surface area contributed by atoms with Crippen molar-refractivity contribution in [3.8, 4) is 0 Å². The molecule has 164 valence electrons. The molecule has 7 nitrogen and oxygen atoms in total. The second kappa shape index (κ2) is 8.97. The summed E-state index contributed by atoms with van der Waals surface area (Å²) in [6.07, 6.45) is 1.91. The molecule has 0 unspecified atom stereocenters. The average molecular weight is 464 g/mol. The van der Waals surface area contributed by atoms with Gasteiger partial charge >= 0.3 is 0 Å². The highest BCUT2D eigenvalue weighted by molar-refractivity contribution is 7.99. The van der Waals surface area contributed by atoms with Crippen LogP contribution in [0.2, 0.25) is 0 Å². The summed E-state index contributed by atoms with van der Waals surface area (Å²) in [5.74, 6) is -0.0653. The average Bonchev–Trinajstić information content (AvgIpc) is 3.19. The van der Waals surface area contributed by atoms with Gasteiger partial charge in [0, 0.05) is 29.3 Å². The van der Waals surface area contributed by atoms with Gasteiger partial charge in [0.2, 0.25) is 21.8 Å². The molecule has 4 rings (SSSR count). The van der Waals surface area contributed by atoms with E-state index >= 15 is 0 Å². The quantitative estimate of drug-likeness (QED) is 0.687. The highest BCUT2D eigenvalue weighted by Crippen LogP contribution is 2.36. The largest absolute Gasteiger partial charge is 0.348 e. The Morgan fingerprint density at radius 2 is 1.97 bits per heavy atom. The molecular formula is C21H22FN3O4S2. The second-order valence-corrected chi connectivity index (χ2v) is 10.3. The summed E-state index contributed by atoms with van der Waals surface area (Å²) >= 11 is 1.60. The standard InChI is InChI=1S/C21H22FN3O4S2/c22-14-3-8-19-17(12-14)18(9-11-30-19)24-20(26)13-23-31(28,29)16-6-4-15(5-7-16)25-10-1-2-21(25)27/h3-8,12,18,23H,1-2,9-11,13H2,(H,24,26)/t18-/m1/s1. The number of halogens is 1. The Hall–Kier alpha value is -2.43. The van der Waals surface area contributed by atoms with Crippen molar-refractivity contribution in [2.45, 2.75) is 35.1 Å². The van der Waals surface area contributed by atoms with Crippen molar-refractivity contribution in [3.05, 3.63) is 53.8 Å². The SMILES string of the molecule is O=C(CNS(=O)(=O)c1ccc(N2CCCC2=O)cc1)N[C@@H]1CCSc2ccc(F)cc21. The maximum absolute atomic E-state index is 13.6. The van der Waals surface area contributed by atoms with Crippen LogP contribution in [0.3, 0.4) is 0 Å². The maximum Gasteiger partial charge on any atom is 0.241 e. The molecule has 1 atom stereocenters. The monoisotopic (exact) mass is 463 g/mol. The van der Waals surface area contributed by atoms with Crippen LogP contribution in [0.4, 0.5) is 10.1 Å². The molecule has 0 aliphatic carbocycles. The highest BCUT2D eigenvalue weighted by atomic mass is 32.2. The van der Waals surface area contributed by atoms with E-state index in [1.807, 2.05) is 0 Å². The molecule has 0 spiro atoms. The number of rotatable bonds is 6. The molecule has 2 aromatic rings. The maximum atomic E-state index is 13.6. The zero-order valence-electron chi connectivity index (χ0n) is 16.6. The fourth-order valence-corrected chi connectivity index (χ4v) is 5.82. The van der Waals surface area contributed by atoms with Gasteiger partial charge in [-0.05, 0) is 60.9 Å². The van der Waals surface area contributed by atoms with E-state index in [2.05, 4.69) is 10.0 Å². The number of nitrogens with one attached hydrogen (secondary N) is 2. The molecule has 0 saturated carbocycles. The number of hydrogen-bond acceptors (Lipinski definition) is 5. The summed E-state index contributed by atoms with van der Waals surface area (Å²) in [7, 11) is -3.90. The van der Waals surface area contributed by atoms with Crippen molar-refractivity contribution in [3.63, 3.8) is 0 Å². The highest BCUT2D eigenvalue weighted by Gasteiger charge is 2.25. The Labute approximate surface area is 184 Å². The minimum atomic E-state index is -3.90. The topological polar surface area (TPSA) is 95.6 Å². The van der Waals surface area contributed by atoms with Crippen LogP contribution >= 0.6 is 11.8 Å². The van der Waals surface area contributed by atoms with Crippen LogP contribution in [0.5, 0.6) is 0 Å².